The molecule has 1 atom stereocenters. The van der Waals surface area contributed by atoms with E-state index in [0.29, 0.717) is 0 Å². The molecule has 15 heavy (non-hydrogen) atoms. The molecule has 0 bridgehead atoms. The average molecular weight is 238 g/mol. The van der Waals surface area contributed by atoms with Crippen molar-refractivity contribution < 1.29 is 0 Å². The predicted molar refractivity (Wildman–Crippen MR) is 65.7 cm³/mol. The van der Waals surface area contributed by atoms with Crippen molar-refractivity contribution in [1.82, 2.24) is 4.98 Å². The number of aryl methyl sites for hydroxylation is 2. The fourth-order valence-electron chi connectivity index (χ4n) is 1.44. The van der Waals surface area contributed by atoms with E-state index in [1.54, 1.807) is 11.3 Å². The summed E-state index contributed by atoms with van der Waals surface area (Å²) in [6.45, 7) is 4.20. The summed E-state index contributed by atoms with van der Waals surface area (Å²) in [6, 6.07) is 6.30. The van der Waals surface area contributed by atoms with Gasteiger partial charge in [-0.05, 0) is 30.5 Å². The molecule has 1 aromatic carbocycles. The summed E-state index contributed by atoms with van der Waals surface area (Å²) in [7, 11) is 0. The molecule has 0 amide bonds. The lowest BCUT2D eigenvalue weighted by Gasteiger charge is -2.09. The summed E-state index contributed by atoms with van der Waals surface area (Å²) in [6.07, 6.45) is 0. The molecular formula is C12H12ClNS. The van der Waals surface area contributed by atoms with Crippen LogP contribution in [0.25, 0.3) is 0 Å². The second-order valence-electron chi connectivity index (χ2n) is 3.62. The first-order valence-electron chi connectivity index (χ1n) is 4.78. The van der Waals surface area contributed by atoms with E-state index in [4.69, 9.17) is 11.6 Å². The van der Waals surface area contributed by atoms with Crippen LogP contribution < -0.4 is 0 Å². The van der Waals surface area contributed by atoms with Crippen molar-refractivity contribution >= 4 is 22.9 Å². The summed E-state index contributed by atoms with van der Waals surface area (Å²) in [5, 5.41) is 1.86. The molecule has 0 aliphatic heterocycles. The van der Waals surface area contributed by atoms with Gasteiger partial charge < -0.3 is 0 Å². The van der Waals surface area contributed by atoms with Gasteiger partial charge in [0.1, 0.15) is 5.38 Å². The number of halogens is 1. The first kappa shape index (κ1) is 10.7. The molecule has 0 aliphatic carbocycles. The van der Waals surface area contributed by atoms with E-state index in [1.165, 1.54) is 11.1 Å². The zero-order valence-corrected chi connectivity index (χ0v) is 10.3. The van der Waals surface area contributed by atoms with Crippen molar-refractivity contribution in [3.63, 3.8) is 0 Å². The Morgan fingerprint density at radius 3 is 2.67 bits per heavy atom. The van der Waals surface area contributed by atoms with Gasteiger partial charge in [0, 0.05) is 5.38 Å². The molecule has 78 valence electrons. The zero-order valence-electron chi connectivity index (χ0n) is 8.70. The molecule has 0 saturated carbocycles. The van der Waals surface area contributed by atoms with Crippen LogP contribution in [-0.2, 0) is 0 Å². The van der Waals surface area contributed by atoms with E-state index in [0.717, 1.165) is 11.3 Å². The van der Waals surface area contributed by atoms with Crippen molar-refractivity contribution in [3.05, 3.63) is 51.5 Å². The highest BCUT2D eigenvalue weighted by Crippen LogP contribution is 2.29. The third kappa shape index (κ3) is 2.21. The molecule has 0 spiro atoms. The Morgan fingerprint density at radius 2 is 2.07 bits per heavy atom. The third-order valence-corrected chi connectivity index (χ3v) is 3.61. The number of rotatable bonds is 2. The molecule has 2 rings (SSSR count). The Kier molecular flexibility index (Phi) is 3.08. The summed E-state index contributed by atoms with van der Waals surface area (Å²) in [4.78, 5) is 4.23. The molecule has 1 aromatic heterocycles. The quantitative estimate of drug-likeness (QED) is 0.717. The van der Waals surface area contributed by atoms with E-state index in [2.05, 4.69) is 37.0 Å². The second-order valence-corrected chi connectivity index (χ2v) is 4.77. The topological polar surface area (TPSA) is 12.9 Å². The number of nitrogens with zero attached hydrogens (tertiary/aromatic N) is 1. The molecule has 3 heteroatoms. The van der Waals surface area contributed by atoms with Gasteiger partial charge in [-0.15, -0.1) is 22.9 Å². The van der Waals surface area contributed by atoms with Gasteiger partial charge in [0.2, 0.25) is 0 Å². The molecule has 0 aliphatic rings. The smallest absolute Gasteiger partial charge is 0.101 e. The molecule has 2 aromatic rings. The maximum atomic E-state index is 6.34. The van der Waals surface area contributed by atoms with E-state index in [-0.39, 0.29) is 5.38 Å². The second kappa shape index (κ2) is 4.33. The van der Waals surface area contributed by atoms with E-state index in [1.807, 2.05) is 10.9 Å². The van der Waals surface area contributed by atoms with Crippen molar-refractivity contribution in [3.8, 4) is 0 Å². The number of hydrogen-bond donors (Lipinski definition) is 0. The number of hydrogen-bond acceptors (Lipinski definition) is 2. The zero-order chi connectivity index (χ0) is 10.8. The van der Waals surface area contributed by atoms with Gasteiger partial charge in [0.05, 0.1) is 11.2 Å². The highest BCUT2D eigenvalue weighted by atomic mass is 35.5. The van der Waals surface area contributed by atoms with Crippen LogP contribution in [0.1, 0.15) is 27.8 Å². The largest absolute Gasteiger partial charge is 0.248 e. The predicted octanol–water partition coefficient (Wildman–Crippen LogP) is 4.09. The summed E-state index contributed by atoms with van der Waals surface area (Å²) in [5.41, 5.74) is 6.43. The maximum Gasteiger partial charge on any atom is 0.101 e. The minimum atomic E-state index is -0.129. The van der Waals surface area contributed by atoms with Crippen LogP contribution in [0.3, 0.4) is 0 Å². The minimum Gasteiger partial charge on any atom is -0.248 e. The highest BCUT2D eigenvalue weighted by Gasteiger charge is 2.12. The Labute approximate surface area is 98.7 Å². The number of benzene rings is 1. The van der Waals surface area contributed by atoms with Crippen LogP contribution in [0.2, 0.25) is 0 Å². The summed E-state index contributed by atoms with van der Waals surface area (Å²) < 4.78 is 0. The summed E-state index contributed by atoms with van der Waals surface area (Å²) >= 11 is 7.92. The van der Waals surface area contributed by atoms with Gasteiger partial charge in [-0.3, -0.25) is 0 Å². The maximum absolute atomic E-state index is 6.34. The minimum absolute atomic E-state index is 0.129. The highest BCUT2D eigenvalue weighted by molar-refractivity contribution is 7.07. The number of aromatic nitrogens is 1. The van der Waals surface area contributed by atoms with Crippen molar-refractivity contribution in [1.29, 1.82) is 0 Å². The lowest BCUT2D eigenvalue weighted by atomic mass is 10.0. The van der Waals surface area contributed by atoms with Gasteiger partial charge in [-0.2, -0.15) is 0 Å². The fraction of sp³-hybridized carbons (Fsp3) is 0.250. The van der Waals surface area contributed by atoms with Gasteiger partial charge in [0.25, 0.3) is 0 Å². The molecular weight excluding hydrogens is 226 g/mol. The summed E-state index contributed by atoms with van der Waals surface area (Å²) in [5.74, 6) is 0. The molecule has 0 fully saturated rings. The lowest BCUT2D eigenvalue weighted by Crippen LogP contribution is -1.94. The molecule has 0 N–H and O–H groups in total. The SMILES string of the molecule is Cc1ccc(C(Cl)c2cscn2)cc1C. The van der Waals surface area contributed by atoms with Crippen LogP contribution in [-0.4, -0.2) is 4.98 Å². The Hall–Kier alpha value is -0.860. The van der Waals surface area contributed by atoms with E-state index >= 15 is 0 Å². The molecule has 1 heterocycles. The average Bonchev–Trinajstić information content (AvgIpc) is 2.74. The van der Waals surface area contributed by atoms with Gasteiger partial charge in [0.15, 0.2) is 0 Å². The standard InChI is InChI=1S/C12H12ClNS/c1-8-3-4-10(5-9(8)2)12(13)11-6-15-7-14-11/h3-7,12H,1-2H3. The molecule has 0 radical (unpaired) electrons. The van der Waals surface area contributed by atoms with Gasteiger partial charge in [-0.25, -0.2) is 4.98 Å². The van der Waals surface area contributed by atoms with Gasteiger partial charge >= 0.3 is 0 Å². The van der Waals surface area contributed by atoms with Crippen LogP contribution >= 0.6 is 22.9 Å². The molecule has 1 unspecified atom stereocenters. The van der Waals surface area contributed by atoms with E-state index in [9.17, 15) is 0 Å². The van der Waals surface area contributed by atoms with Crippen molar-refractivity contribution in [2.24, 2.45) is 0 Å². The third-order valence-electron chi connectivity index (χ3n) is 2.53. The first-order chi connectivity index (χ1) is 7.18. The lowest BCUT2D eigenvalue weighted by molar-refractivity contribution is 1.06. The van der Waals surface area contributed by atoms with Crippen LogP contribution in [0.4, 0.5) is 0 Å². The van der Waals surface area contributed by atoms with E-state index < -0.39 is 0 Å². The fourth-order valence-corrected chi connectivity index (χ4v) is 2.35. The number of alkyl halides is 1. The monoisotopic (exact) mass is 237 g/mol. The van der Waals surface area contributed by atoms with Crippen LogP contribution in [0, 0.1) is 13.8 Å². The molecule has 1 nitrogen and oxygen atoms in total. The molecule has 0 saturated heterocycles. The van der Waals surface area contributed by atoms with Crippen LogP contribution in [0.15, 0.2) is 29.1 Å². The Bertz CT molecular complexity index is 451. The van der Waals surface area contributed by atoms with Crippen molar-refractivity contribution in [2.75, 3.05) is 0 Å². The van der Waals surface area contributed by atoms with Gasteiger partial charge in [-0.1, -0.05) is 18.2 Å². The van der Waals surface area contributed by atoms with Crippen molar-refractivity contribution in [2.45, 2.75) is 19.2 Å². The van der Waals surface area contributed by atoms with Crippen LogP contribution in [0.5, 0.6) is 0 Å². The normalized spacial score (nSPS) is 12.7. The Morgan fingerprint density at radius 1 is 1.27 bits per heavy atom. The Balaban J connectivity index is 2.34. The number of thiazole rings is 1. The first-order valence-corrected chi connectivity index (χ1v) is 6.15.